The van der Waals surface area contributed by atoms with E-state index in [0.29, 0.717) is 49.2 Å². The van der Waals surface area contributed by atoms with Crippen LogP contribution in [0.25, 0.3) is 11.3 Å². The predicted molar refractivity (Wildman–Crippen MR) is 129 cm³/mol. The zero-order valence-corrected chi connectivity index (χ0v) is 19.7. The molecule has 2 N–H and O–H groups in total. The Kier molecular flexibility index (Phi) is 8.33. The van der Waals surface area contributed by atoms with E-state index in [1.165, 1.54) is 17.0 Å². The number of hydrogen-bond donors (Lipinski definition) is 1. The number of ether oxygens (including phenoxy) is 1. The van der Waals surface area contributed by atoms with Crippen molar-refractivity contribution in [2.75, 3.05) is 26.7 Å². The lowest BCUT2D eigenvalue weighted by Crippen LogP contribution is -2.48. The third kappa shape index (κ3) is 5.77. The van der Waals surface area contributed by atoms with Crippen LogP contribution in [0.3, 0.4) is 0 Å². The number of aromatic nitrogens is 1. The van der Waals surface area contributed by atoms with Gasteiger partial charge in [0.15, 0.2) is 0 Å². The van der Waals surface area contributed by atoms with E-state index >= 15 is 0 Å². The Bertz CT molecular complexity index is 1120. The summed E-state index contributed by atoms with van der Waals surface area (Å²) in [6.45, 7) is 5.54. The first-order chi connectivity index (χ1) is 16.4. The summed E-state index contributed by atoms with van der Waals surface area (Å²) in [5, 5.41) is 9.13. The van der Waals surface area contributed by atoms with Gasteiger partial charge in [-0.05, 0) is 56.0 Å². The molecule has 1 amide bonds. The second-order valence-electron chi connectivity index (χ2n) is 8.05. The van der Waals surface area contributed by atoms with E-state index in [1.807, 2.05) is 30.9 Å². The Morgan fingerprint density at radius 3 is 2.62 bits per heavy atom. The molecular weight excluding hydrogens is 435 g/mol. The maximum Gasteiger partial charge on any atom is 0.216 e. The fraction of sp³-hybridized carbons (Fsp3) is 0.360. The summed E-state index contributed by atoms with van der Waals surface area (Å²) in [4.78, 5) is 24.3. The van der Waals surface area contributed by atoms with E-state index in [2.05, 4.69) is 4.98 Å². The van der Waals surface area contributed by atoms with Gasteiger partial charge in [-0.2, -0.15) is 5.26 Å². The van der Waals surface area contributed by atoms with Crippen LogP contribution in [0.15, 0.2) is 41.5 Å². The molecule has 0 atom stereocenters. The minimum atomic E-state index is -0.639. The fourth-order valence-electron chi connectivity index (χ4n) is 3.71. The summed E-state index contributed by atoms with van der Waals surface area (Å²) in [5.74, 6) is 0.305. The van der Waals surface area contributed by atoms with Crippen molar-refractivity contribution in [1.82, 2.24) is 14.8 Å². The number of guanidine groups is 1. The Morgan fingerprint density at radius 1 is 1.35 bits per heavy atom. The molecule has 178 valence electrons. The van der Waals surface area contributed by atoms with Gasteiger partial charge in [0.1, 0.15) is 11.9 Å². The average molecular weight is 465 g/mol. The number of benzene rings is 1. The van der Waals surface area contributed by atoms with Crippen molar-refractivity contribution in [1.29, 1.82) is 5.26 Å². The van der Waals surface area contributed by atoms with E-state index in [1.54, 1.807) is 25.4 Å². The molecule has 0 radical (unpaired) electrons. The Hall–Kier alpha value is -3.77. The molecule has 1 aliphatic heterocycles. The van der Waals surface area contributed by atoms with Crippen molar-refractivity contribution in [2.24, 2.45) is 10.7 Å². The van der Waals surface area contributed by atoms with Crippen molar-refractivity contribution < 1.29 is 13.9 Å². The van der Waals surface area contributed by atoms with Crippen LogP contribution in [-0.2, 0) is 4.79 Å². The average Bonchev–Trinajstić information content (AvgIpc) is 2.85. The minimum absolute atomic E-state index is 0.0530. The fourth-order valence-corrected chi connectivity index (χ4v) is 3.71. The van der Waals surface area contributed by atoms with Gasteiger partial charge < -0.3 is 15.4 Å². The Balaban J connectivity index is 2.16. The minimum Gasteiger partial charge on any atom is -0.478 e. The normalized spacial score (nSPS) is 15.4. The summed E-state index contributed by atoms with van der Waals surface area (Å²) in [6.07, 6.45) is 3.91. The van der Waals surface area contributed by atoms with Crippen molar-refractivity contribution in [2.45, 2.75) is 32.7 Å². The molecule has 8 nitrogen and oxygen atoms in total. The number of nitrogens with zero attached hydrogens (tertiary/aromatic N) is 5. The number of aliphatic imine (C=N–C) groups is 1. The number of amides is 1. The number of halogens is 1. The van der Waals surface area contributed by atoms with Gasteiger partial charge in [0, 0.05) is 44.0 Å². The van der Waals surface area contributed by atoms with Crippen LogP contribution >= 0.6 is 0 Å². The number of carbonyl (C=O) groups is 1. The molecule has 2 heterocycles. The molecule has 1 aromatic carbocycles. The molecular formula is C25H29FN6O2. The molecule has 0 bridgehead atoms. The van der Waals surface area contributed by atoms with Crippen LogP contribution in [0.1, 0.15) is 43.4 Å². The number of pyridine rings is 1. The van der Waals surface area contributed by atoms with Crippen molar-refractivity contribution in [3.8, 4) is 11.9 Å². The first-order valence-corrected chi connectivity index (χ1v) is 11.1. The van der Waals surface area contributed by atoms with E-state index in [0.717, 1.165) is 24.0 Å². The highest BCUT2D eigenvalue weighted by Gasteiger charge is 2.23. The van der Waals surface area contributed by atoms with Gasteiger partial charge >= 0.3 is 0 Å². The standard InChI is InChI=1S/C25H29FN6O2/c1-4-34-23-8-7-20(15-29-23)17(2)24(18-5-6-19(14-27)22(26)13-18)30-25(31(3)16-33)32-11-9-21(28)10-12-32/h5-8,13,15-16,21H,4,9-12,28H2,1-3H3/b24-17+,30-25?. The van der Waals surface area contributed by atoms with Gasteiger partial charge in [0.2, 0.25) is 18.2 Å². The number of likely N-dealkylation sites (tertiary alicyclic amines) is 1. The lowest BCUT2D eigenvalue weighted by Gasteiger charge is -2.34. The summed E-state index contributed by atoms with van der Waals surface area (Å²) in [5.41, 5.74) is 8.44. The quantitative estimate of drug-likeness (QED) is 0.399. The molecule has 1 aromatic heterocycles. The molecule has 0 saturated carbocycles. The summed E-state index contributed by atoms with van der Waals surface area (Å²) >= 11 is 0. The first-order valence-electron chi connectivity index (χ1n) is 11.1. The van der Waals surface area contributed by atoms with Crippen molar-refractivity contribution >= 4 is 23.6 Å². The van der Waals surface area contributed by atoms with Gasteiger partial charge in [-0.3, -0.25) is 9.69 Å². The lowest BCUT2D eigenvalue weighted by atomic mass is 10.0. The number of piperidine rings is 1. The number of rotatable bonds is 6. The topological polar surface area (TPSA) is 108 Å². The van der Waals surface area contributed by atoms with Gasteiger partial charge in [0.05, 0.1) is 17.9 Å². The Morgan fingerprint density at radius 2 is 2.06 bits per heavy atom. The molecule has 34 heavy (non-hydrogen) atoms. The Labute approximate surface area is 199 Å². The SMILES string of the molecule is CCOc1ccc(/C(C)=C(/N=C(N(C)C=O)N2CCC(N)CC2)c2ccc(C#N)c(F)c2)cn1. The number of carbonyl (C=O) groups excluding carboxylic acids is 1. The van der Waals surface area contributed by atoms with E-state index in [9.17, 15) is 9.18 Å². The highest BCUT2D eigenvalue weighted by atomic mass is 19.1. The molecule has 1 aliphatic rings. The summed E-state index contributed by atoms with van der Waals surface area (Å²) in [7, 11) is 1.63. The summed E-state index contributed by atoms with van der Waals surface area (Å²) in [6, 6.07) is 9.92. The molecule has 0 unspecified atom stereocenters. The molecule has 0 spiro atoms. The van der Waals surface area contributed by atoms with Crippen molar-refractivity contribution in [3.63, 3.8) is 0 Å². The monoisotopic (exact) mass is 464 g/mol. The molecule has 0 aliphatic carbocycles. The predicted octanol–water partition coefficient (Wildman–Crippen LogP) is 3.25. The van der Waals surface area contributed by atoms with Crippen LogP contribution < -0.4 is 10.5 Å². The molecule has 1 fully saturated rings. The number of allylic oxidation sites excluding steroid dienone is 1. The van der Waals surface area contributed by atoms with Crippen LogP contribution in [-0.4, -0.2) is 59.9 Å². The number of hydrogen-bond acceptors (Lipinski definition) is 6. The second-order valence-corrected chi connectivity index (χ2v) is 8.05. The number of nitrogens with two attached hydrogens (primary N) is 1. The van der Waals surface area contributed by atoms with Crippen LogP contribution in [0, 0.1) is 17.1 Å². The van der Waals surface area contributed by atoms with Gasteiger partial charge in [-0.1, -0.05) is 6.07 Å². The van der Waals surface area contributed by atoms with E-state index in [-0.39, 0.29) is 11.6 Å². The largest absolute Gasteiger partial charge is 0.478 e. The molecule has 1 saturated heterocycles. The maximum atomic E-state index is 14.6. The smallest absolute Gasteiger partial charge is 0.216 e. The van der Waals surface area contributed by atoms with E-state index < -0.39 is 5.82 Å². The number of nitriles is 1. The summed E-state index contributed by atoms with van der Waals surface area (Å²) < 4.78 is 20.0. The molecule has 3 rings (SSSR count). The molecule has 2 aromatic rings. The maximum absolute atomic E-state index is 14.6. The second kappa shape index (κ2) is 11.4. The highest BCUT2D eigenvalue weighted by Crippen LogP contribution is 2.30. The van der Waals surface area contributed by atoms with Crippen LogP contribution in [0.5, 0.6) is 5.88 Å². The van der Waals surface area contributed by atoms with Crippen LogP contribution in [0.4, 0.5) is 4.39 Å². The lowest BCUT2D eigenvalue weighted by molar-refractivity contribution is -0.114. The van der Waals surface area contributed by atoms with Crippen molar-refractivity contribution in [3.05, 3.63) is 59.0 Å². The molecule has 9 heteroatoms. The van der Waals surface area contributed by atoms with Gasteiger partial charge in [0.25, 0.3) is 0 Å². The first kappa shape index (κ1) is 24.9. The third-order valence-corrected chi connectivity index (χ3v) is 5.69. The van der Waals surface area contributed by atoms with Gasteiger partial charge in [-0.25, -0.2) is 14.4 Å². The zero-order chi connectivity index (χ0) is 24.7. The third-order valence-electron chi connectivity index (χ3n) is 5.69. The van der Waals surface area contributed by atoms with Gasteiger partial charge in [-0.15, -0.1) is 0 Å². The van der Waals surface area contributed by atoms with E-state index in [4.69, 9.17) is 20.7 Å². The van der Waals surface area contributed by atoms with Crippen LogP contribution in [0.2, 0.25) is 0 Å². The zero-order valence-electron chi connectivity index (χ0n) is 19.7. The highest BCUT2D eigenvalue weighted by molar-refractivity contribution is 5.98.